The largest absolute Gasteiger partial charge is 0.494 e. The SMILES string of the molecule is CCOc1ccc(S(=O)(=O)Nc2cccc([N+](=O)[O-])c2C)cc1C. The zero-order valence-electron chi connectivity index (χ0n) is 13.6. The van der Waals surface area contributed by atoms with Crippen molar-refractivity contribution in [1.29, 1.82) is 0 Å². The summed E-state index contributed by atoms with van der Waals surface area (Å²) in [5, 5.41) is 11.0. The molecule has 0 aromatic heterocycles. The first-order valence-electron chi connectivity index (χ1n) is 7.26. The molecule has 2 aromatic carbocycles. The predicted molar refractivity (Wildman–Crippen MR) is 91.0 cm³/mol. The lowest BCUT2D eigenvalue weighted by Crippen LogP contribution is -2.14. The molecule has 1 N–H and O–H groups in total. The summed E-state index contributed by atoms with van der Waals surface area (Å²) in [6.07, 6.45) is 0. The van der Waals surface area contributed by atoms with E-state index in [-0.39, 0.29) is 21.8 Å². The summed E-state index contributed by atoms with van der Waals surface area (Å²) in [5.41, 5.74) is 0.984. The lowest BCUT2D eigenvalue weighted by molar-refractivity contribution is -0.385. The van der Waals surface area contributed by atoms with E-state index in [0.717, 1.165) is 0 Å². The first-order valence-corrected chi connectivity index (χ1v) is 8.75. The number of benzene rings is 2. The average molecular weight is 350 g/mol. The Morgan fingerprint density at radius 3 is 2.50 bits per heavy atom. The van der Waals surface area contributed by atoms with Crippen LogP contribution in [-0.2, 0) is 10.0 Å². The monoisotopic (exact) mass is 350 g/mol. The molecule has 0 fully saturated rings. The van der Waals surface area contributed by atoms with Gasteiger partial charge in [0.25, 0.3) is 15.7 Å². The summed E-state index contributed by atoms with van der Waals surface area (Å²) in [4.78, 5) is 10.5. The van der Waals surface area contributed by atoms with Crippen LogP contribution in [0.4, 0.5) is 11.4 Å². The predicted octanol–water partition coefficient (Wildman–Crippen LogP) is 3.41. The fourth-order valence-corrected chi connectivity index (χ4v) is 3.45. The van der Waals surface area contributed by atoms with Crippen LogP contribution in [0.1, 0.15) is 18.1 Å². The second-order valence-electron chi connectivity index (χ2n) is 5.17. The molecule has 24 heavy (non-hydrogen) atoms. The van der Waals surface area contributed by atoms with Crippen molar-refractivity contribution >= 4 is 21.4 Å². The highest BCUT2D eigenvalue weighted by molar-refractivity contribution is 7.92. The summed E-state index contributed by atoms with van der Waals surface area (Å²) in [5.74, 6) is 0.614. The Balaban J connectivity index is 2.37. The zero-order chi connectivity index (χ0) is 17.9. The molecular formula is C16H18N2O5S. The normalized spacial score (nSPS) is 11.1. The molecule has 128 valence electrons. The second kappa shape index (κ2) is 6.88. The van der Waals surface area contributed by atoms with Crippen LogP contribution in [-0.4, -0.2) is 19.9 Å². The number of sulfonamides is 1. The Bertz CT molecular complexity index is 878. The van der Waals surface area contributed by atoms with E-state index in [0.29, 0.717) is 17.9 Å². The third-order valence-corrected chi connectivity index (χ3v) is 4.87. The van der Waals surface area contributed by atoms with Gasteiger partial charge in [0, 0.05) is 6.07 Å². The first kappa shape index (κ1) is 17.7. The van der Waals surface area contributed by atoms with Crippen molar-refractivity contribution in [3.63, 3.8) is 0 Å². The Labute approximate surface area is 140 Å². The van der Waals surface area contributed by atoms with Gasteiger partial charge in [-0.25, -0.2) is 8.42 Å². The third kappa shape index (κ3) is 3.65. The number of nitrogens with one attached hydrogen (secondary N) is 1. The Morgan fingerprint density at radius 1 is 1.21 bits per heavy atom. The van der Waals surface area contributed by atoms with Crippen molar-refractivity contribution in [2.75, 3.05) is 11.3 Å². The molecular weight excluding hydrogens is 332 g/mol. The van der Waals surface area contributed by atoms with Crippen LogP contribution in [0.2, 0.25) is 0 Å². The standard InChI is InChI=1S/C16H18N2O5S/c1-4-23-16-9-8-13(10-11(16)2)24(21,22)17-14-6-5-7-15(12(14)3)18(19)20/h5-10,17H,4H2,1-3H3. The van der Waals surface area contributed by atoms with Crippen molar-refractivity contribution < 1.29 is 18.1 Å². The molecule has 0 spiro atoms. The maximum absolute atomic E-state index is 12.5. The van der Waals surface area contributed by atoms with Gasteiger partial charge in [0.05, 0.1) is 27.7 Å². The fraction of sp³-hybridized carbons (Fsp3) is 0.250. The Morgan fingerprint density at radius 2 is 1.92 bits per heavy atom. The molecule has 8 heteroatoms. The van der Waals surface area contributed by atoms with Gasteiger partial charge >= 0.3 is 0 Å². The number of aryl methyl sites for hydroxylation is 1. The molecule has 0 aliphatic heterocycles. The Kier molecular flexibility index (Phi) is 5.08. The van der Waals surface area contributed by atoms with Gasteiger partial charge in [0.1, 0.15) is 5.75 Å². The summed E-state index contributed by atoms with van der Waals surface area (Å²) in [6.45, 7) is 5.58. The molecule has 0 saturated heterocycles. The van der Waals surface area contributed by atoms with Gasteiger partial charge in [0.2, 0.25) is 0 Å². The number of hydrogen-bond acceptors (Lipinski definition) is 5. The topological polar surface area (TPSA) is 98.5 Å². The van der Waals surface area contributed by atoms with Crippen LogP contribution in [0, 0.1) is 24.0 Å². The van der Waals surface area contributed by atoms with E-state index in [1.54, 1.807) is 13.0 Å². The molecule has 0 atom stereocenters. The second-order valence-corrected chi connectivity index (χ2v) is 6.86. The molecule has 7 nitrogen and oxygen atoms in total. The number of anilines is 1. The van der Waals surface area contributed by atoms with E-state index in [9.17, 15) is 18.5 Å². The van der Waals surface area contributed by atoms with Crippen LogP contribution in [0.25, 0.3) is 0 Å². The van der Waals surface area contributed by atoms with Crippen LogP contribution in [0.5, 0.6) is 5.75 Å². The summed E-state index contributed by atoms with van der Waals surface area (Å²) in [6, 6.07) is 8.78. The molecule has 0 heterocycles. The molecule has 0 radical (unpaired) electrons. The summed E-state index contributed by atoms with van der Waals surface area (Å²) < 4.78 is 32.9. The molecule has 0 aliphatic carbocycles. The fourth-order valence-electron chi connectivity index (χ4n) is 2.24. The molecule has 0 aliphatic rings. The summed E-state index contributed by atoms with van der Waals surface area (Å²) in [7, 11) is -3.86. The van der Waals surface area contributed by atoms with E-state index >= 15 is 0 Å². The Hall–Kier alpha value is -2.61. The van der Waals surface area contributed by atoms with Crippen LogP contribution >= 0.6 is 0 Å². The van der Waals surface area contributed by atoms with E-state index in [2.05, 4.69) is 4.72 Å². The maximum atomic E-state index is 12.5. The lowest BCUT2D eigenvalue weighted by atomic mass is 10.2. The zero-order valence-corrected chi connectivity index (χ0v) is 14.4. The molecule has 0 bridgehead atoms. The van der Waals surface area contributed by atoms with Crippen LogP contribution in [0.3, 0.4) is 0 Å². The van der Waals surface area contributed by atoms with Gasteiger partial charge in [-0.2, -0.15) is 0 Å². The van der Waals surface area contributed by atoms with E-state index in [1.165, 1.54) is 37.3 Å². The number of nitrogens with zero attached hydrogens (tertiary/aromatic N) is 1. The molecule has 0 saturated carbocycles. The van der Waals surface area contributed by atoms with Gasteiger partial charge in [-0.15, -0.1) is 0 Å². The molecule has 2 rings (SSSR count). The smallest absolute Gasteiger partial charge is 0.274 e. The van der Waals surface area contributed by atoms with Gasteiger partial charge in [-0.1, -0.05) is 6.07 Å². The van der Waals surface area contributed by atoms with Gasteiger partial charge in [0.15, 0.2) is 0 Å². The van der Waals surface area contributed by atoms with Gasteiger partial charge < -0.3 is 4.74 Å². The van der Waals surface area contributed by atoms with Crippen LogP contribution < -0.4 is 9.46 Å². The number of hydrogen-bond donors (Lipinski definition) is 1. The average Bonchev–Trinajstić information content (AvgIpc) is 2.51. The van der Waals surface area contributed by atoms with Crippen molar-refractivity contribution in [3.05, 3.63) is 57.6 Å². The molecule has 0 amide bonds. The summed E-state index contributed by atoms with van der Waals surface area (Å²) >= 11 is 0. The van der Waals surface area contributed by atoms with Crippen LogP contribution in [0.15, 0.2) is 41.3 Å². The lowest BCUT2D eigenvalue weighted by Gasteiger charge is -2.12. The van der Waals surface area contributed by atoms with E-state index < -0.39 is 14.9 Å². The number of rotatable bonds is 6. The minimum absolute atomic E-state index is 0.0642. The van der Waals surface area contributed by atoms with Crippen molar-refractivity contribution in [2.45, 2.75) is 25.7 Å². The van der Waals surface area contributed by atoms with E-state index in [4.69, 9.17) is 4.74 Å². The van der Waals surface area contributed by atoms with Crippen molar-refractivity contribution in [2.24, 2.45) is 0 Å². The number of ether oxygens (including phenoxy) is 1. The quantitative estimate of drug-likeness (QED) is 0.636. The highest BCUT2D eigenvalue weighted by Crippen LogP contribution is 2.28. The van der Waals surface area contributed by atoms with Gasteiger partial charge in [-0.05, 0) is 50.6 Å². The number of nitro benzene ring substituents is 1. The minimum atomic E-state index is -3.86. The number of nitro groups is 1. The first-order chi connectivity index (χ1) is 11.3. The molecule has 2 aromatic rings. The molecule has 0 unspecified atom stereocenters. The van der Waals surface area contributed by atoms with E-state index in [1.807, 2.05) is 6.92 Å². The minimum Gasteiger partial charge on any atom is -0.494 e. The highest BCUT2D eigenvalue weighted by atomic mass is 32.2. The van der Waals surface area contributed by atoms with Gasteiger partial charge in [-0.3, -0.25) is 14.8 Å². The van der Waals surface area contributed by atoms with Crippen molar-refractivity contribution in [1.82, 2.24) is 0 Å². The maximum Gasteiger partial charge on any atom is 0.274 e. The highest BCUT2D eigenvalue weighted by Gasteiger charge is 2.20. The third-order valence-electron chi connectivity index (χ3n) is 3.50. The van der Waals surface area contributed by atoms with Crippen molar-refractivity contribution in [3.8, 4) is 5.75 Å².